The predicted molar refractivity (Wildman–Crippen MR) is 133 cm³/mol. The van der Waals surface area contributed by atoms with Crippen LogP contribution in [0.15, 0.2) is 47.6 Å². The molecule has 0 bridgehead atoms. The smallest absolute Gasteiger partial charge is 0.193 e. The first kappa shape index (κ1) is 23.4. The van der Waals surface area contributed by atoms with E-state index in [4.69, 9.17) is 5.73 Å². The lowest BCUT2D eigenvalue weighted by Gasteiger charge is -2.34. The first-order valence-electron chi connectivity index (χ1n) is 10.1. The van der Waals surface area contributed by atoms with Crippen molar-refractivity contribution in [3.8, 4) is 0 Å². The van der Waals surface area contributed by atoms with Crippen molar-refractivity contribution in [3.63, 3.8) is 0 Å². The molecule has 1 fully saturated rings. The molecule has 0 spiro atoms. The molecule has 7 heteroatoms. The standard InChI is InChI=1S/C22H32N6.HI/c1-4-27-10-12-28(13-11-27)21-14-18(8-9-24-21)16-25-22(23)26-20-7-5-6-19(15-20)17(2)3;/h5-9,14-15,17H,4,10-13,16H2,1-3H3,(H3,23,25,26);1H. The number of rotatable bonds is 6. The van der Waals surface area contributed by atoms with E-state index in [0.717, 1.165) is 49.8 Å². The van der Waals surface area contributed by atoms with Crippen LogP contribution in [0.2, 0.25) is 0 Å². The lowest BCUT2D eigenvalue weighted by Crippen LogP contribution is -2.46. The summed E-state index contributed by atoms with van der Waals surface area (Å²) in [4.78, 5) is 13.9. The van der Waals surface area contributed by atoms with Crippen LogP contribution in [-0.4, -0.2) is 48.6 Å². The zero-order chi connectivity index (χ0) is 19.9. The van der Waals surface area contributed by atoms with Gasteiger partial charge in [0.05, 0.1) is 6.54 Å². The fourth-order valence-corrected chi connectivity index (χ4v) is 3.36. The summed E-state index contributed by atoms with van der Waals surface area (Å²) in [6.45, 7) is 12.4. The quantitative estimate of drug-likeness (QED) is 0.352. The van der Waals surface area contributed by atoms with Crippen LogP contribution in [0.3, 0.4) is 0 Å². The third kappa shape index (κ3) is 6.85. The van der Waals surface area contributed by atoms with Gasteiger partial charge in [-0.1, -0.05) is 32.9 Å². The van der Waals surface area contributed by atoms with E-state index in [9.17, 15) is 0 Å². The van der Waals surface area contributed by atoms with Gasteiger partial charge in [0, 0.05) is 38.1 Å². The van der Waals surface area contributed by atoms with Gasteiger partial charge in [-0.25, -0.2) is 9.98 Å². The Morgan fingerprint density at radius 3 is 2.62 bits per heavy atom. The van der Waals surface area contributed by atoms with Crippen molar-refractivity contribution in [3.05, 3.63) is 53.7 Å². The fraction of sp³-hybridized carbons (Fsp3) is 0.455. The Bertz CT molecular complexity index is 799. The van der Waals surface area contributed by atoms with E-state index in [0.29, 0.717) is 18.4 Å². The molecule has 0 aliphatic carbocycles. The number of guanidine groups is 1. The van der Waals surface area contributed by atoms with Crippen LogP contribution in [0.4, 0.5) is 11.5 Å². The second-order valence-corrected chi connectivity index (χ2v) is 7.55. The van der Waals surface area contributed by atoms with Crippen LogP contribution >= 0.6 is 24.0 Å². The van der Waals surface area contributed by atoms with E-state index in [1.165, 1.54) is 5.56 Å². The molecule has 3 rings (SSSR count). The highest BCUT2D eigenvalue weighted by atomic mass is 127. The highest BCUT2D eigenvalue weighted by molar-refractivity contribution is 14.0. The summed E-state index contributed by atoms with van der Waals surface area (Å²) in [6.07, 6.45) is 1.86. The van der Waals surface area contributed by atoms with Crippen LogP contribution in [0.25, 0.3) is 0 Å². The van der Waals surface area contributed by atoms with Gasteiger partial charge >= 0.3 is 0 Å². The number of anilines is 2. The number of nitrogens with zero attached hydrogens (tertiary/aromatic N) is 4. The molecule has 0 radical (unpaired) electrons. The maximum atomic E-state index is 6.10. The second-order valence-electron chi connectivity index (χ2n) is 7.55. The van der Waals surface area contributed by atoms with Crippen molar-refractivity contribution >= 4 is 41.4 Å². The number of nitrogens with two attached hydrogens (primary N) is 1. The lowest BCUT2D eigenvalue weighted by molar-refractivity contribution is 0.270. The summed E-state index contributed by atoms with van der Waals surface area (Å²) in [5.41, 5.74) is 9.46. The number of hydrogen-bond donors (Lipinski definition) is 2. The monoisotopic (exact) mass is 508 g/mol. The average Bonchev–Trinajstić information content (AvgIpc) is 2.73. The molecule has 0 saturated carbocycles. The van der Waals surface area contributed by atoms with E-state index in [-0.39, 0.29) is 24.0 Å². The summed E-state index contributed by atoms with van der Waals surface area (Å²) in [5.74, 6) is 1.93. The van der Waals surface area contributed by atoms with Crippen LogP contribution in [0.1, 0.15) is 37.8 Å². The number of benzene rings is 1. The van der Waals surface area contributed by atoms with Crippen LogP contribution in [0, 0.1) is 0 Å². The molecule has 0 unspecified atom stereocenters. The van der Waals surface area contributed by atoms with Gasteiger partial charge in [0.25, 0.3) is 0 Å². The van der Waals surface area contributed by atoms with Gasteiger partial charge in [0.1, 0.15) is 5.82 Å². The summed E-state index contributed by atoms with van der Waals surface area (Å²) in [5, 5.41) is 3.19. The number of pyridine rings is 1. The molecule has 3 N–H and O–H groups in total. The third-order valence-corrected chi connectivity index (χ3v) is 5.21. The van der Waals surface area contributed by atoms with Gasteiger partial charge in [-0.2, -0.15) is 0 Å². The van der Waals surface area contributed by atoms with E-state index in [2.05, 4.69) is 64.1 Å². The maximum Gasteiger partial charge on any atom is 0.193 e. The van der Waals surface area contributed by atoms with Gasteiger partial charge in [-0.05, 0) is 47.9 Å². The van der Waals surface area contributed by atoms with Crippen molar-refractivity contribution in [2.75, 3.05) is 42.9 Å². The molecule has 2 aromatic rings. The third-order valence-electron chi connectivity index (χ3n) is 5.21. The molecule has 0 amide bonds. The minimum atomic E-state index is 0. The highest BCUT2D eigenvalue weighted by Crippen LogP contribution is 2.19. The van der Waals surface area contributed by atoms with Crippen molar-refractivity contribution in [1.29, 1.82) is 0 Å². The Hall–Kier alpha value is -1.87. The van der Waals surface area contributed by atoms with Gasteiger partial charge in [0.15, 0.2) is 5.96 Å². The molecular weight excluding hydrogens is 475 g/mol. The van der Waals surface area contributed by atoms with E-state index < -0.39 is 0 Å². The summed E-state index contributed by atoms with van der Waals surface area (Å²) in [7, 11) is 0. The molecule has 2 heterocycles. The summed E-state index contributed by atoms with van der Waals surface area (Å²) >= 11 is 0. The molecule has 158 valence electrons. The SMILES string of the molecule is CCN1CCN(c2cc(CN=C(N)Nc3cccc(C(C)C)c3)ccn2)CC1.I. The first-order chi connectivity index (χ1) is 13.5. The number of halogens is 1. The predicted octanol–water partition coefficient (Wildman–Crippen LogP) is 3.89. The number of aliphatic imine (C=N–C) groups is 1. The molecule has 1 saturated heterocycles. The molecule has 1 aromatic carbocycles. The zero-order valence-electron chi connectivity index (χ0n) is 17.6. The van der Waals surface area contributed by atoms with Crippen molar-refractivity contribution in [1.82, 2.24) is 9.88 Å². The van der Waals surface area contributed by atoms with E-state index in [1.807, 2.05) is 24.4 Å². The Labute approximate surface area is 191 Å². The van der Waals surface area contributed by atoms with Gasteiger partial charge in [-0.15, -0.1) is 24.0 Å². The van der Waals surface area contributed by atoms with Crippen LogP contribution in [0.5, 0.6) is 0 Å². The van der Waals surface area contributed by atoms with Gasteiger partial charge < -0.3 is 20.9 Å². The molecule has 1 aliphatic heterocycles. The van der Waals surface area contributed by atoms with Crippen LogP contribution < -0.4 is 16.0 Å². The number of piperazine rings is 1. The Morgan fingerprint density at radius 2 is 1.93 bits per heavy atom. The minimum absolute atomic E-state index is 0. The summed E-state index contributed by atoms with van der Waals surface area (Å²) < 4.78 is 0. The van der Waals surface area contributed by atoms with Crippen molar-refractivity contribution < 1.29 is 0 Å². The van der Waals surface area contributed by atoms with Crippen LogP contribution in [-0.2, 0) is 6.54 Å². The zero-order valence-corrected chi connectivity index (χ0v) is 20.0. The number of hydrogen-bond acceptors (Lipinski definition) is 4. The van der Waals surface area contributed by atoms with Crippen molar-refractivity contribution in [2.24, 2.45) is 10.7 Å². The molecular formula is C22H33IN6. The number of aromatic nitrogens is 1. The Balaban J connectivity index is 0.00000300. The minimum Gasteiger partial charge on any atom is -0.370 e. The normalized spacial score (nSPS) is 15.3. The largest absolute Gasteiger partial charge is 0.370 e. The molecule has 29 heavy (non-hydrogen) atoms. The highest BCUT2D eigenvalue weighted by Gasteiger charge is 2.16. The Morgan fingerprint density at radius 1 is 1.17 bits per heavy atom. The first-order valence-corrected chi connectivity index (χ1v) is 10.1. The van der Waals surface area contributed by atoms with Gasteiger partial charge in [-0.3, -0.25) is 0 Å². The van der Waals surface area contributed by atoms with E-state index >= 15 is 0 Å². The molecule has 1 aliphatic rings. The fourth-order valence-electron chi connectivity index (χ4n) is 3.36. The lowest BCUT2D eigenvalue weighted by atomic mass is 10.0. The van der Waals surface area contributed by atoms with Gasteiger partial charge in [0.2, 0.25) is 0 Å². The van der Waals surface area contributed by atoms with Crippen molar-refractivity contribution in [2.45, 2.75) is 33.2 Å². The summed E-state index contributed by atoms with van der Waals surface area (Å²) in [6, 6.07) is 12.4. The number of nitrogens with one attached hydrogen (secondary N) is 1. The molecule has 0 atom stereocenters. The molecule has 1 aromatic heterocycles. The second kappa shape index (κ2) is 11.3. The maximum absolute atomic E-state index is 6.10. The molecule has 6 nitrogen and oxygen atoms in total. The topological polar surface area (TPSA) is 69.8 Å². The number of likely N-dealkylation sites (N-methyl/N-ethyl adjacent to an activating group) is 1. The van der Waals surface area contributed by atoms with E-state index in [1.54, 1.807) is 0 Å². The average molecular weight is 508 g/mol. The Kier molecular flexibility index (Phi) is 9.16.